The molecule has 0 aromatic carbocycles. The number of carbonyl (C=O) groups excluding carboxylic acids is 1. The number of hydrazone groups is 1. The lowest BCUT2D eigenvalue weighted by molar-refractivity contribution is -0.131. The lowest BCUT2D eigenvalue weighted by atomic mass is 9.96. The molecule has 1 aliphatic rings. The molecule has 0 saturated heterocycles. The first-order valence-electron chi connectivity index (χ1n) is 6.74. The fourth-order valence-electron chi connectivity index (χ4n) is 2.06. The van der Waals surface area contributed by atoms with Crippen molar-refractivity contribution >= 4 is 21.5 Å². The van der Waals surface area contributed by atoms with Crippen LogP contribution in [0.1, 0.15) is 33.1 Å². The molecule has 0 aromatic rings. The first-order chi connectivity index (χ1) is 8.95. The monoisotopic (exact) mass is 289 g/mol. The summed E-state index contributed by atoms with van der Waals surface area (Å²) in [5.41, 5.74) is 6.30. The van der Waals surface area contributed by atoms with E-state index >= 15 is 0 Å². The van der Waals surface area contributed by atoms with Gasteiger partial charge in [0, 0.05) is 5.75 Å². The second-order valence-corrected chi connectivity index (χ2v) is 7.10. The Kier molecular flexibility index (Phi) is 5.93. The van der Waals surface area contributed by atoms with Gasteiger partial charge in [-0.1, -0.05) is 13.8 Å². The number of sulfone groups is 1. The van der Waals surface area contributed by atoms with E-state index in [1.54, 1.807) is 6.92 Å². The summed E-state index contributed by atoms with van der Waals surface area (Å²) in [6, 6.07) is 0. The Morgan fingerprint density at radius 1 is 1.37 bits per heavy atom. The maximum Gasteiger partial charge on any atom is 0.251 e. The zero-order valence-electron chi connectivity index (χ0n) is 11.6. The van der Waals surface area contributed by atoms with E-state index in [1.165, 1.54) is 5.01 Å². The van der Waals surface area contributed by atoms with Crippen LogP contribution in [-0.4, -0.2) is 49.6 Å². The quantitative estimate of drug-likeness (QED) is 0.699. The van der Waals surface area contributed by atoms with Gasteiger partial charge in [-0.05, 0) is 25.8 Å². The van der Waals surface area contributed by atoms with Gasteiger partial charge in [0.05, 0.1) is 23.9 Å². The van der Waals surface area contributed by atoms with Gasteiger partial charge in [-0.15, -0.1) is 0 Å². The molecule has 0 saturated carbocycles. The highest BCUT2D eigenvalue weighted by Crippen LogP contribution is 2.22. The van der Waals surface area contributed by atoms with E-state index in [-0.39, 0.29) is 29.9 Å². The maximum absolute atomic E-state index is 12.2. The molecule has 7 heteroatoms. The summed E-state index contributed by atoms with van der Waals surface area (Å²) in [7, 11) is -3.07. The minimum Gasteiger partial charge on any atom is -0.330 e. The summed E-state index contributed by atoms with van der Waals surface area (Å²) >= 11 is 0. The van der Waals surface area contributed by atoms with Crippen LogP contribution >= 0.6 is 0 Å². The summed E-state index contributed by atoms with van der Waals surface area (Å²) in [5, 5.41) is 5.57. The molecule has 0 aromatic heterocycles. The first-order valence-corrected chi connectivity index (χ1v) is 8.56. The van der Waals surface area contributed by atoms with Crippen molar-refractivity contribution in [2.45, 2.75) is 33.1 Å². The number of hydrogen-bond donors (Lipinski definition) is 1. The van der Waals surface area contributed by atoms with E-state index in [1.807, 2.05) is 6.92 Å². The molecule has 0 spiro atoms. The van der Waals surface area contributed by atoms with Crippen molar-refractivity contribution in [3.8, 4) is 0 Å². The minimum atomic E-state index is -3.07. The van der Waals surface area contributed by atoms with Gasteiger partial charge >= 0.3 is 0 Å². The molecule has 0 bridgehead atoms. The second-order valence-electron chi connectivity index (χ2n) is 4.63. The van der Waals surface area contributed by atoms with Crippen LogP contribution in [0.3, 0.4) is 0 Å². The fraction of sp³-hybridized carbons (Fsp3) is 0.833. The van der Waals surface area contributed by atoms with E-state index in [2.05, 4.69) is 5.10 Å². The van der Waals surface area contributed by atoms with Gasteiger partial charge in [0.15, 0.2) is 9.84 Å². The van der Waals surface area contributed by atoms with E-state index < -0.39 is 9.84 Å². The Morgan fingerprint density at radius 3 is 2.58 bits per heavy atom. The van der Waals surface area contributed by atoms with Gasteiger partial charge in [0.1, 0.15) is 0 Å². The highest BCUT2D eigenvalue weighted by atomic mass is 32.2. The van der Waals surface area contributed by atoms with Crippen molar-refractivity contribution in [3.63, 3.8) is 0 Å². The molecule has 0 fully saturated rings. The summed E-state index contributed by atoms with van der Waals surface area (Å²) in [4.78, 5) is 12.2. The average Bonchev–Trinajstić information content (AvgIpc) is 2.70. The predicted molar refractivity (Wildman–Crippen MR) is 75.5 cm³/mol. The Balaban J connectivity index is 2.66. The van der Waals surface area contributed by atoms with Gasteiger partial charge in [0.25, 0.3) is 5.91 Å². The van der Waals surface area contributed by atoms with Crippen molar-refractivity contribution in [1.82, 2.24) is 5.01 Å². The number of amides is 1. The molecule has 1 aliphatic heterocycles. The van der Waals surface area contributed by atoms with Crippen LogP contribution in [0.2, 0.25) is 0 Å². The number of rotatable bonds is 8. The molecule has 19 heavy (non-hydrogen) atoms. The lowest BCUT2D eigenvalue weighted by Crippen LogP contribution is -2.32. The van der Waals surface area contributed by atoms with Crippen molar-refractivity contribution in [3.05, 3.63) is 0 Å². The Hall–Kier alpha value is -0.950. The molecule has 1 heterocycles. The molecular formula is C12H23N3O3S. The zero-order chi connectivity index (χ0) is 14.5. The highest BCUT2D eigenvalue weighted by Gasteiger charge is 2.34. The van der Waals surface area contributed by atoms with Gasteiger partial charge in [-0.25, -0.2) is 13.4 Å². The highest BCUT2D eigenvalue weighted by molar-refractivity contribution is 7.91. The normalized spacial score (nSPS) is 19.9. The molecule has 0 aliphatic carbocycles. The van der Waals surface area contributed by atoms with Crippen LogP contribution in [0.25, 0.3) is 0 Å². The van der Waals surface area contributed by atoms with Crippen molar-refractivity contribution < 1.29 is 13.2 Å². The number of carbonyl (C=O) groups is 1. The van der Waals surface area contributed by atoms with Crippen LogP contribution < -0.4 is 5.73 Å². The molecule has 110 valence electrons. The third kappa shape index (κ3) is 4.28. The Labute approximate surface area is 114 Å². The van der Waals surface area contributed by atoms with Crippen molar-refractivity contribution in [2.75, 3.05) is 24.6 Å². The average molecular weight is 289 g/mol. The van der Waals surface area contributed by atoms with Gasteiger partial charge in [-0.3, -0.25) is 4.79 Å². The summed E-state index contributed by atoms with van der Waals surface area (Å²) in [6.07, 6.45) is 2.17. The van der Waals surface area contributed by atoms with Gasteiger partial charge in [-0.2, -0.15) is 5.10 Å². The zero-order valence-corrected chi connectivity index (χ0v) is 12.4. The summed E-state index contributed by atoms with van der Waals surface area (Å²) in [5.74, 6) is -0.232. The summed E-state index contributed by atoms with van der Waals surface area (Å²) < 4.78 is 22.9. The smallest absolute Gasteiger partial charge is 0.251 e. The molecule has 1 atom stereocenters. The predicted octanol–water partition coefficient (Wildman–Crippen LogP) is 0.384. The summed E-state index contributed by atoms with van der Waals surface area (Å²) in [6.45, 7) is 4.25. The third-order valence-electron chi connectivity index (χ3n) is 3.32. The van der Waals surface area contributed by atoms with Crippen LogP contribution in [-0.2, 0) is 14.6 Å². The topological polar surface area (TPSA) is 92.8 Å². The number of nitrogens with zero attached hydrogens (tertiary/aromatic N) is 2. The van der Waals surface area contributed by atoms with Crippen LogP contribution in [0.15, 0.2) is 5.10 Å². The lowest BCUT2D eigenvalue weighted by Gasteiger charge is -2.14. The fourth-order valence-corrected chi connectivity index (χ4v) is 2.80. The molecule has 6 nitrogen and oxygen atoms in total. The van der Waals surface area contributed by atoms with Crippen molar-refractivity contribution in [2.24, 2.45) is 16.8 Å². The van der Waals surface area contributed by atoms with Crippen LogP contribution in [0.4, 0.5) is 0 Å². The van der Waals surface area contributed by atoms with E-state index in [0.29, 0.717) is 19.4 Å². The SMILES string of the molecule is CCC1=NN(CCS(=O)(=O)CC)C(=O)C1CCCN. The van der Waals surface area contributed by atoms with Gasteiger partial charge < -0.3 is 5.73 Å². The van der Waals surface area contributed by atoms with E-state index in [4.69, 9.17) is 5.73 Å². The first kappa shape index (κ1) is 16.1. The second kappa shape index (κ2) is 7.00. The minimum absolute atomic E-state index is 0.0284. The van der Waals surface area contributed by atoms with Gasteiger partial charge in [0.2, 0.25) is 0 Å². The largest absolute Gasteiger partial charge is 0.330 e. The molecule has 0 radical (unpaired) electrons. The van der Waals surface area contributed by atoms with E-state index in [0.717, 1.165) is 12.1 Å². The molecule has 1 amide bonds. The molecule has 1 rings (SSSR count). The van der Waals surface area contributed by atoms with Crippen LogP contribution in [0.5, 0.6) is 0 Å². The maximum atomic E-state index is 12.2. The molecule has 2 N–H and O–H groups in total. The molecular weight excluding hydrogens is 266 g/mol. The van der Waals surface area contributed by atoms with Crippen molar-refractivity contribution in [1.29, 1.82) is 0 Å². The third-order valence-corrected chi connectivity index (χ3v) is 5.00. The standard InChI is InChI=1S/C12H23N3O3S/c1-3-11-10(6-5-7-13)12(16)15(14-11)8-9-19(17,18)4-2/h10H,3-9,13H2,1-2H3. The number of nitrogens with two attached hydrogens (primary N) is 1. The Morgan fingerprint density at radius 2 is 2.05 bits per heavy atom. The van der Waals surface area contributed by atoms with Crippen LogP contribution in [0, 0.1) is 5.92 Å². The van der Waals surface area contributed by atoms with E-state index in [9.17, 15) is 13.2 Å². The molecule has 1 unspecified atom stereocenters. The Bertz CT molecular complexity index is 445. The number of hydrogen-bond acceptors (Lipinski definition) is 5.